The average Bonchev–Trinajstić information content (AvgIpc) is 3.14. The summed E-state index contributed by atoms with van der Waals surface area (Å²) in [5.74, 6) is 3.06. The van der Waals surface area contributed by atoms with Crippen LogP contribution in [0, 0.1) is 12.3 Å². The fourth-order valence-electron chi connectivity index (χ4n) is 2.69. The summed E-state index contributed by atoms with van der Waals surface area (Å²) in [4.78, 5) is 10.9. The zero-order chi connectivity index (χ0) is 16.3. The summed E-state index contributed by atoms with van der Waals surface area (Å²) in [6.45, 7) is 0.990. The monoisotopic (exact) mass is 347 g/mol. The third-order valence-corrected chi connectivity index (χ3v) is 6.48. The number of aromatic nitrogens is 2. The van der Waals surface area contributed by atoms with Gasteiger partial charge in [-0.25, -0.2) is 13.4 Å². The minimum atomic E-state index is -2.93. The molecule has 1 aliphatic rings. The van der Waals surface area contributed by atoms with E-state index in [1.54, 1.807) is 6.20 Å². The van der Waals surface area contributed by atoms with Gasteiger partial charge in [0.2, 0.25) is 0 Å². The molecule has 3 rings (SSSR count). The standard InChI is InChI=1S/C16H17N3O2S2/c1-2-8-19(14-6-9-23(20,21)12-14)10-13-11-22-16(18-13)15-5-3-4-7-17-15/h1,3-5,7,11,14H,6,8-10,12H2/t14-/m1/s1. The molecule has 23 heavy (non-hydrogen) atoms. The smallest absolute Gasteiger partial charge is 0.151 e. The molecular weight excluding hydrogens is 330 g/mol. The van der Waals surface area contributed by atoms with Gasteiger partial charge in [0.15, 0.2) is 9.84 Å². The van der Waals surface area contributed by atoms with Gasteiger partial charge in [0.1, 0.15) is 5.01 Å². The van der Waals surface area contributed by atoms with E-state index < -0.39 is 9.84 Å². The molecule has 1 saturated heterocycles. The molecule has 0 saturated carbocycles. The van der Waals surface area contributed by atoms with Crippen LogP contribution in [0.2, 0.25) is 0 Å². The van der Waals surface area contributed by atoms with Gasteiger partial charge in [-0.1, -0.05) is 12.0 Å². The number of sulfone groups is 1. The molecule has 7 heteroatoms. The second-order valence-electron chi connectivity index (χ2n) is 5.52. The lowest BCUT2D eigenvalue weighted by Gasteiger charge is -2.24. The molecule has 5 nitrogen and oxygen atoms in total. The van der Waals surface area contributed by atoms with E-state index in [2.05, 4.69) is 15.9 Å². The van der Waals surface area contributed by atoms with Gasteiger partial charge in [0.25, 0.3) is 0 Å². The van der Waals surface area contributed by atoms with Gasteiger partial charge in [-0.15, -0.1) is 17.8 Å². The predicted molar refractivity (Wildman–Crippen MR) is 91.6 cm³/mol. The minimum Gasteiger partial charge on any atom is -0.282 e. The highest BCUT2D eigenvalue weighted by molar-refractivity contribution is 7.91. The maximum Gasteiger partial charge on any atom is 0.151 e. The van der Waals surface area contributed by atoms with Gasteiger partial charge < -0.3 is 0 Å². The molecule has 0 unspecified atom stereocenters. The lowest BCUT2D eigenvalue weighted by molar-refractivity contribution is 0.228. The molecule has 120 valence electrons. The normalized spacial score (nSPS) is 19.7. The number of thiazole rings is 1. The predicted octanol–water partition coefficient (Wildman–Crippen LogP) is 1.83. The van der Waals surface area contributed by atoms with Crippen LogP contribution in [-0.2, 0) is 16.4 Å². The first-order valence-corrected chi connectivity index (χ1v) is 10.0. The number of pyridine rings is 1. The molecule has 0 aliphatic carbocycles. The van der Waals surface area contributed by atoms with Crippen molar-refractivity contribution < 1.29 is 8.42 Å². The molecule has 0 N–H and O–H groups in total. The topological polar surface area (TPSA) is 63.2 Å². The first kappa shape index (κ1) is 16.1. The van der Waals surface area contributed by atoms with Gasteiger partial charge >= 0.3 is 0 Å². The van der Waals surface area contributed by atoms with Gasteiger partial charge in [-0.05, 0) is 18.6 Å². The quantitative estimate of drug-likeness (QED) is 0.772. The highest BCUT2D eigenvalue weighted by Gasteiger charge is 2.32. The molecular formula is C16H17N3O2S2. The molecule has 1 atom stereocenters. The van der Waals surface area contributed by atoms with E-state index in [0.717, 1.165) is 16.4 Å². The van der Waals surface area contributed by atoms with Crippen LogP contribution in [0.5, 0.6) is 0 Å². The number of terminal acetylenes is 1. The molecule has 0 radical (unpaired) electrons. The van der Waals surface area contributed by atoms with Crippen molar-refractivity contribution in [1.29, 1.82) is 0 Å². The van der Waals surface area contributed by atoms with Crippen molar-refractivity contribution in [2.45, 2.75) is 19.0 Å². The summed E-state index contributed by atoms with van der Waals surface area (Å²) < 4.78 is 23.4. The summed E-state index contributed by atoms with van der Waals surface area (Å²) in [5.41, 5.74) is 1.74. The SMILES string of the molecule is C#CCN(Cc1csc(-c2ccccn2)n1)[C@@H]1CCS(=O)(=O)C1. The zero-order valence-electron chi connectivity index (χ0n) is 12.6. The van der Waals surface area contributed by atoms with Crippen LogP contribution in [0.15, 0.2) is 29.8 Å². The fraction of sp³-hybridized carbons (Fsp3) is 0.375. The second-order valence-corrected chi connectivity index (χ2v) is 8.61. The highest BCUT2D eigenvalue weighted by Crippen LogP contribution is 2.24. The number of hydrogen-bond acceptors (Lipinski definition) is 6. The summed E-state index contributed by atoms with van der Waals surface area (Å²) in [7, 11) is -2.93. The Labute approximate surface area is 140 Å². The molecule has 0 bridgehead atoms. The number of hydrogen-bond donors (Lipinski definition) is 0. The Balaban J connectivity index is 1.74. The Hall–Kier alpha value is -1.75. The van der Waals surface area contributed by atoms with E-state index in [1.807, 2.05) is 28.5 Å². The number of nitrogens with zero attached hydrogens (tertiary/aromatic N) is 3. The summed E-state index contributed by atoms with van der Waals surface area (Å²) in [5, 5.41) is 2.84. The lowest BCUT2D eigenvalue weighted by atomic mass is 10.2. The van der Waals surface area contributed by atoms with E-state index in [-0.39, 0.29) is 17.5 Å². The third kappa shape index (κ3) is 3.96. The lowest BCUT2D eigenvalue weighted by Crippen LogP contribution is -2.36. The maximum absolute atomic E-state index is 11.7. The van der Waals surface area contributed by atoms with E-state index in [0.29, 0.717) is 19.5 Å². The van der Waals surface area contributed by atoms with E-state index in [1.165, 1.54) is 11.3 Å². The van der Waals surface area contributed by atoms with Crippen LogP contribution < -0.4 is 0 Å². The molecule has 1 aliphatic heterocycles. The fourth-order valence-corrected chi connectivity index (χ4v) is 5.24. The first-order chi connectivity index (χ1) is 11.1. The Morgan fingerprint density at radius 1 is 1.43 bits per heavy atom. The second kappa shape index (κ2) is 6.79. The minimum absolute atomic E-state index is 0.0175. The van der Waals surface area contributed by atoms with Crippen molar-refractivity contribution in [1.82, 2.24) is 14.9 Å². The van der Waals surface area contributed by atoms with Crippen LogP contribution in [0.1, 0.15) is 12.1 Å². The molecule has 0 aromatic carbocycles. The van der Waals surface area contributed by atoms with E-state index in [9.17, 15) is 8.42 Å². The highest BCUT2D eigenvalue weighted by atomic mass is 32.2. The van der Waals surface area contributed by atoms with E-state index >= 15 is 0 Å². The van der Waals surface area contributed by atoms with Crippen LogP contribution in [0.25, 0.3) is 10.7 Å². The summed E-state index contributed by atoms with van der Waals surface area (Å²) in [6.07, 6.45) is 7.83. The first-order valence-electron chi connectivity index (χ1n) is 7.31. The van der Waals surface area contributed by atoms with Crippen molar-refractivity contribution in [2.24, 2.45) is 0 Å². The summed E-state index contributed by atoms with van der Waals surface area (Å²) >= 11 is 1.53. The van der Waals surface area contributed by atoms with Crippen molar-refractivity contribution >= 4 is 21.2 Å². The Morgan fingerprint density at radius 2 is 2.30 bits per heavy atom. The van der Waals surface area contributed by atoms with Gasteiger partial charge in [-0.2, -0.15) is 0 Å². The molecule has 2 aromatic heterocycles. The Bertz CT molecular complexity index is 809. The molecule has 1 fully saturated rings. The van der Waals surface area contributed by atoms with Crippen molar-refractivity contribution in [3.63, 3.8) is 0 Å². The molecule has 3 heterocycles. The van der Waals surface area contributed by atoms with Gasteiger partial charge in [0, 0.05) is 24.2 Å². The van der Waals surface area contributed by atoms with Crippen LogP contribution in [0.4, 0.5) is 0 Å². The van der Waals surface area contributed by atoms with Crippen LogP contribution >= 0.6 is 11.3 Å². The van der Waals surface area contributed by atoms with Gasteiger partial charge in [-0.3, -0.25) is 9.88 Å². The maximum atomic E-state index is 11.7. The summed E-state index contributed by atoms with van der Waals surface area (Å²) in [6, 6.07) is 5.70. The van der Waals surface area contributed by atoms with Gasteiger partial charge in [0.05, 0.1) is 29.4 Å². The molecule has 0 amide bonds. The van der Waals surface area contributed by atoms with E-state index in [4.69, 9.17) is 6.42 Å². The van der Waals surface area contributed by atoms with Crippen molar-refractivity contribution in [2.75, 3.05) is 18.1 Å². The molecule has 2 aromatic rings. The van der Waals surface area contributed by atoms with Crippen LogP contribution in [-0.4, -0.2) is 47.4 Å². The van der Waals surface area contributed by atoms with Crippen molar-refractivity contribution in [3.05, 3.63) is 35.5 Å². The third-order valence-electron chi connectivity index (χ3n) is 3.82. The molecule has 0 spiro atoms. The number of rotatable bonds is 5. The average molecular weight is 347 g/mol. The Morgan fingerprint density at radius 3 is 2.96 bits per heavy atom. The Kier molecular flexibility index (Phi) is 4.76. The van der Waals surface area contributed by atoms with Crippen LogP contribution in [0.3, 0.4) is 0 Å². The van der Waals surface area contributed by atoms with Crippen molar-refractivity contribution in [3.8, 4) is 23.0 Å². The largest absolute Gasteiger partial charge is 0.282 e. The zero-order valence-corrected chi connectivity index (χ0v) is 14.2.